The molecule has 0 spiro atoms. The molecule has 2 nitrogen and oxygen atoms in total. The number of hydrogen-bond acceptors (Lipinski definition) is 1. The predicted octanol–water partition coefficient (Wildman–Crippen LogP) is 0.888. The number of quaternary nitrogens is 1. The average molecular weight is 151 g/mol. The molecule has 0 heterocycles. The smallest absolute Gasteiger partial charge is 0.130 e. The number of nitrogens with two attached hydrogens (primary N) is 1. The first-order valence-electron chi connectivity index (χ1n) is 3.79. The van der Waals surface area contributed by atoms with Gasteiger partial charge in [-0.25, -0.2) is 0 Å². The number of benzene rings is 1. The summed E-state index contributed by atoms with van der Waals surface area (Å²) in [6.45, 7) is 4.03. The highest BCUT2D eigenvalue weighted by Gasteiger charge is 2.01. The van der Waals surface area contributed by atoms with Crippen molar-refractivity contribution in [2.45, 2.75) is 19.9 Å². The van der Waals surface area contributed by atoms with Crippen LogP contribution in [0.1, 0.15) is 24.1 Å². The summed E-state index contributed by atoms with van der Waals surface area (Å²) in [5.74, 6) is 0. The van der Waals surface area contributed by atoms with Crippen molar-refractivity contribution in [3.05, 3.63) is 29.3 Å². The van der Waals surface area contributed by atoms with Crippen molar-refractivity contribution in [1.82, 2.24) is 0 Å². The lowest BCUT2D eigenvalue weighted by Gasteiger charge is -2.05. The Bertz CT molecular complexity index is 254. The molecule has 60 valence electrons. The molecule has 2 heteroatoms. The molecule has 11 heavy (non-hydrogen) atoms. The zero-order valence-corrected chi connectivity index (χ0v) is 7.09. The van der Waals surface area contributed by atoms with E-state index in [0.29, 0.717) is 0 Å². The lowest BCUT2D eigenvalue weighted by Crippen LogP contribution is -2.41. The van der Waals surface area contributed by atoms with E-state index in [1.54, 1.807) is 0 Å². The average Bonchev–Trinajstić information content (AvgIpc) is 1.94. The molecule has 0 saturated carbocycles. The Balaban J connectivity index is 3.05. The van der Waals surface area contributed by atoms with Crippen LogP contribution in [0.25, 0.3) is 0 Å². The second kappa shape index (κ2) is 3.03. The van der Waals surface area contributed by atoms with Gasteiger partial charge >= 0.3 is 0 Å². The van der Waals surface area contributed by atoms with Crippen LogP contribution in [-0.2, 0) is 0 Å². The van der Waals surface area contributed by atoms with Crippen LogP contribution in [-0.4, -0.2) is 0 Å². The Kier molecular flexibility index (Phi) is 2.27. The van der Waals surface area contributed by atoms with E-state index >= 15 is 0 Å². The second-order valence-corrected chi connectivity index (χ2v) is 2.97. The summed E-state index contributed by atoms with van der Waals surface area (Å²) in [6.07, 6.45) is 0. The van der Waals surface area contributed by atoms with E-state index in [2.05, 4.69) is 11.8 Å². The molecule has 1 aromatic carbocycles. The van der Waals surface area contributed by atoms with E-state index in [-0.39, 0.29) is 6.04 Å². The van der Waals surface area contributed by atoms with Crippen molar-refractivity contribution < 1.29 is 5.73 Å². The summed E-state index contributed by atoms with van der Waals surface area (Å²) in [4.78, 5) is 0. The monoisotopic (exact) mass is 151 g/mol. The maximum absolute atomic E-state index is 5.71. The molecule has 0 amide bonds. The molecule has 1 aromatic rings. The fourth-order valence-electron chi connectivity index (χ4n) is 1.00. The van der Waals surface area contributed by atoms with Crippen LogP contribution >= 0.6 is 0 Å². The van der Waals surface area contributed by atoms with Gasteiger partial charge < -0.3 is 11.5 Å². The molecule has 0 aromatic heterocycles. The zero-order chi connectivity index (χ0) is 8.43. The van der Waals surface area contributed by atoms with Gasteiger partial charge in [0.05, 0.1) is 0 Å². The van der Waals surface area contributed by atoms with Gasteiger partial charge in [-0.3, -0.25) is 0 Å². The standard InChI is InChI=1S/C9H14N2/c1-6-5-8(7(2)10)3-4-9(6)11/h3-5,7H,10-11H2,1-2H3/p+1/t7-/m1/s1. The molecule has 0 unspecified atom stereocenters. The first-order chi connectivity index (χ1) is 5.11. The van der Waals surface area contributed by atoms with Crippen LogP contribution < -0.4 is 11.5 Å². The minimum Gasteiger partial charge on any atom is -0.325 e. The second-order valence-electron chi connectivity index (χ2n) is 2.97. The molecular weight excluding hydrogens is 136 g/mol. The van der Waals surface area contributed by atoms with Gasteiger partial charge in [0, 0.05) is 11.6 Å². The first-order valence-corrected chi connectivity index (χ1v) is 3.79. The molecule has 0 fully saturated rings. The molecule has 0 saturated heterocycles. The van der Waals surface area contributed by atoms with Crippen molar-refractivity contribution >= 4 is 5.69 Å². The van der Waals surface area contributed by atoms with Gasteiger partial charge in [-0.2, -0.15) is 0 Å². The van der Waals surface area contributed by atoms with Crippen LogP contribution in [0, 0.1) is 6.92 Å². The van der Waals surface area contributed by atoms with Gasteiger partial charge in [0.1, 0.15) is 5.69 Å². The topological polar surface area (TPSA) is 53.7 Å². The highest BCUT2D eigenvalue weighted by molar-refractivity contribution is 5.41. The molecule has 0 aliphatic heterocycles. The third kappa shape index (κ3) is 1.79. The van der Waals surface area contributed by atoms with Gasteiger partial charge in [-0.15, -0.1) is 0 Å². The van der Waals surface area contributed by atoms with E-state index in [0.717, 1.165) is 5.69 Å². The highest BCUT2D eigenvalue weighted by atomic mass is 14.6. The molecular formula is C9H15N2+. The van der Waals surface area contributed by atoms with Crippen LogP contribution in [0.3, 0.4) is 0 Å². The summed E-state index contributed by atoms with van der Waals surface area (Å²) in [5.41, 5.74) is 13.1. The maximum Gasteiger partial charge on any atom is 0.130 e. The summed E-state index contributed by atoms with van der Waals surface area (Å²) < 4.78 is 0. The van der Waals surface area contributed by atoms with Gasteiger partial charge in [-0.05, 0) is 31.5 Å². The molecule has 0 aliphatic carbocycles. The van der Waals surface area contributed by atoms with Gasteiger partial charge in [0.15, 0.2) is 0 Å². The fourth-order valence-corrected chi connectivity index (χ4v) is 1.00. The van der Waals surface area contributed by atoms with Crippen LogP contribution in [0.4, 0.5) is 5.69 Å². The SMILES string of the molecule is Cc1cc([C@@H](C)N)ccc1[NH3+]. The summed E-state index contributed by atoms with van der Waals surface area (Å²) >= 11 is 0. The molecule has 5 N–H and O–H groups in total. The van der Waals surface area contributed by atoms with Crippen molar-refractivity contribution in [2.75, 3.05) is 0 Å². The van der Waals surface area contributed by atoms with Crippen molar-refractivity contribution in [3.8, 4) is 0 Å². The van der Waals surface area contributed by atoms with Crippen LogP contribution in [0.15, 0.2) is 18.2 Å². The predicted molar refractivity (Wildman–Crippen MR) is 46.3 cm³/mol. The van der Waals surface area contributed by atoms with E-state index in [1.165, 1.54) is 11.1 Å². The minimum atomic E-state index is 0.120. The molecule has 1 atom stereocenters. The third-order valence-electron chi connectivity index (χ3n) is 1.89. The number of aryl methyl sites for hydroxylation is 1. The number of rotatable bonds is 1. The van der Waals surface area contributed by atoms with E-state index in [9.17, 15) is 0 Å². The summed E-state index contributed by atoms with van der Waals surface area (Å²) in [6, 6.07) is 6.25. The Morgan fingerprint density at radius 3 is 2.55 bits per heavy atom. The van der Waals surface area contributed by atoms with Gasteiger partial charge in [0.2, 0.25) is 0 Å². The maximum atomic E-state index is 5.71. The van der Waals surface area contributed by atoms with E-state index in [1.807, 2.05) is 26.0 Å². The molecule has 0 aliphatic rings. The van der Waals surface area contributed by atoms with Crippen LogP contribution in [0.5, 0.6) is 0 Å². The third-order valence-corrected chi connectivity index (χ3v) is 1.89. The summed E-state index contributed by atoms with van der Waals surface area (Å²) in [5, 5.41) is 0. The van der Waals surface area contributed by atoms with E-state index in [4.69, 9.17) is 5.73 Å². The zero-order valence-electron chi connectivity index (χ0n) is 7.09. The summed E-state index contributed by atoms with van der Waals surface area (Å²) in [7, 11) is 0. The quantitative estimate of drug-likeness (QED) is 0.615. The molecule has 0 bridgehead atoms. The number of hydrogen-bond donors (Lipinski definition) is 2. The van der Waals surface area contributed by atoms with Crippen molar-refractivity contribution in [1.29, 1.82) is 0 Å². The normalized spacial score (nSPS) is 13.1. The van der Waals surface area contributed by atoms with Crippen LogP contribution in [0.2, 0.25) is 0 Å². The van der Waals surface area contributed by atoms with Gasteiger partial charge in [-0.1, -0.05) is 6.07 Å². The van der Waals surface area contributed by atoms with Crippen molar-refractivity contribution in [3.63, 3.8) is 0 Å². The van der Waals surface area contributed by atoms with Crippen molar-refractivity contribution in [2.24, 2.45) is 5.73 Å². The lowest BCUT2D eigenvalue weighted by molar-refractivity contribution is -0.255. The Hall–Kier alpha value is -0.860. The molecule has 0 radical (unpaired) electrons. The lowest BCUT2D eigenvalue weighted by atomic mass is 10.1. The highest BCUT2D eigenvalue weighted by Crippen LogP contribution is 2.15. The fraction of sp³-hybridized carbons (Fsp3) is 0.333. The Labute approximate surface area is 67.2 Å². The first kappa shape index (κ1) is 8.24. The van der Waals surface area contributed by atoms with Gasteiger partial charge in [0.25, 0.3) is 0 Å². The largest absolute Gasteiger partial charge is 0.325 e. The molecule has 1 rings (SSSR count). The minimum absolute atomic E-state index is 0.120. The van der Waals surface area contributed by atoms with E-state index < -0.39 is 0 Å². The Morgan fingerprint density at radius 2 is 2.09 bits per heavy atom. The Morgan fingerprint density at radius 1 is 1.45 bits per heavy atom.